The highest BCUT2D eigenvalue weighted by Crippen LogP contribution is 2.36. The molecule has 2 N–H and O–H groups in total. The van der Waals surface area contributed by atoms with Crippen LogP contribution in [0.1, 0.15) is 58.0 Å². The average Bonchev–Trinajstić information content (AvgIpc) is 3.25. The Hall–Kier alpha value is -3.36. The number of fused-ring (bicyclic) bond motifs is 1. The normalized spacial score (nSPS) is 14.8. The van der Waals surface area contributed by atoms with Gasteiger partial charge in [-0.1, -0.05) is 55.2 Å². The monoisotopic (exact) mass is 514 g/mol. The largest absolute Gasteiger partial charge is 0.481 e. The van der Waals surface area contributed by atoms with E-state index in [2.05, 4.69) is 10.5 Å². The summed E-state index contributed by atoms with van der Waals surface area (Å²) in [5, 5.41) is 15.1. The van der Waals surface area contributed by atoms with Crippen molar-refractivity contribution >= 4 is 41.0 Å². The Morgan fingerprint density at radius 1 is 1.20 bits per heavy atom. The molecule has 1 aliphatic heterocycles. The molecule has 0 bridgehead atoms. The summed E-state index contributed by atoms with van der Waals surface area (Å²) in [6.45, 7) is 3.60. The highest BCUT2D eigenvalue weighted by atomic mass is 35.5. The Bertz CT molecular complexity index is 1310. The zero-order valence-corrected chi connectivity index (χ0v) is 20.9. The van der Waals surface area contributed by atoms with Crippen LogP contribution in [0.5, 0.6) is 0 Å². The summed E-state index contributed by atoms with van der Waals surface area (Å²) in [4.78, 5) is 38.1. The van der Waals surface area contributed by atoms with Gasteiger partial charge in [-0.25, -0.2) is 5.01 Å². The number of hydrogen-bond donors (Lipinski definition) is 2. The molecule has 10 heteroatoms. The fraction of sp³-hybridized carbons (Fsp3) is 0.280. The Morgan fingerprint density at radius 3 is 2.46 bits per heavy atom. The van der Waals surface area contributed by atoms with Gasteiger partial charge in [-0.2, -0.15) is 5.10 Å². The van der Waals surface area contributed by atoms with Gasteiger partial charge in [-0.3, -0.25) is 24.5 Å². The molecular weight excluding hydrogens is 491 g/mol. The lowest BCUT2D eigenvalue weighted by atomic mass is 9.81. The summed E-state index contributed by atoms with van der Waals surface area (Å²) < 4.78 is 1.64. The molecule has 0 radical (unpaired) electrons. The van der Waals surface area contributed by atoms with E-state index >= 15 is 0 Å². The van der Waals surface area contributed by atoms with Crippen LogP contribution < -0.4 is 5.43 Å². The molecule has 8 nitrogen and oxygen atoms in total. The van der Waals surface area contributed by atoms with Crippen LogP contribution in [-0.2, 0) is 18.4 Å². The summed E-state index contributed by atoms with van der Waals surface area (Å²) in [6, 6.07) is 8.57. The number of benzene rings is 2. The lowest BCUT2D eigenvalue weighted by molar-refractivity contribution is -0.141. The quantitative estimate of drug-likeness (QED) is 0.486. The molecule has 35 heavy (non-hydrogen) atoms. The molecule has 2 aromatic carbocycles. The second-order valence-electron chi connectivity index (χ2n) is 8.57. The topological polar surface area (TPSA) is 105 Å². The minimum atomic E-state index is -0.929. The molecular formula is C25H24Cl2N4O4. The number of halogens is 2. The van der Waals surface area contributed by atoms with Crippen LogP contribution in [-0.4, -0.2) is 37.7 Å². The summed E-state index contributed by atoms with van der Waals surface area (Å²) in [6.07, 6.45) is 4.02. The highest BCUT2D eigenvalue weighted by Gasteiger charge is 2.34. The van der Waals surface area contributed by atoms with E-state index in [1.165, 1.54) is 5.01 Å². The lowest BCUT2D eigenvalue weighted by Gasteiger charge is -2.32. The minimum Gasteiger partial charge on any atom is -0.481 e. The average molecular weight is 515 g/mol. The third-order valence-electron chi connectivity index (χ3n) is 6.35. The van der Waals surface area contributed by atoms with Crippen LogP contribution in [0.2, 0.25) is 10.0 Å². The predicted octanol–water partition coefficient (Wildman–Crippen LogP) is 4.91. The fourth-order valence-electron chi connectivity index (χ4n) is 4.51. The third kappa shape index (κ3) is 4.63. The zero-order valence-electron chi connectivity index (χ0n) is 19.4. The van der Waals surface area contributed by atoms with E-state index in [9.17, 15) is 19.5 Å². The number of aryl methyl sites for hydroxylation is 1. The number of amides is 2. The lowest BCUT2D eigenvalue weighted by Crippen LogP contribution is -2.50. The fourth-order valence-corrected chi connectivity index (χ4v) is 5.16. The maximum Gasteiger partial charge on any atom is 0.306 e. The van der Waals surface area contributed by atoms with Gasteiger partial charge in [0.15, 0.2) is 0 Å². The predicted molar refractivity (Wildman–Crippen MR) is 132 cm³/mol. The van der Waals surface area contributed by atoms with E-state index in [0.717, 1.165) is 5.56 Å². The molecule has 0 spiro atoms. The number of rotatable bonds is 6. The molecule has 0 saturated heterocycles. The number of nitrogens with zero attached hydrogens (tertiary/aromatic N) is 3. The minimum absolute atomic E-state index is 0.0758. The summed E-state index contributed by atoms with van der Waals surface area (Å²) >= 11 is 12.9. The van der Waals surface area contributed by atoms with Gasteiger partial charge in [0.2, 0.25) is 0 Å². The van der Waals surface area contributed by atoms with Crippen molar-refractivity contribution in [3.8, 4) is 11.1 Å². The molecule has 1 aromatic heterocycles. The van der Waals surface area contributed by atoms with E-state index in [-0.39, 0.29) is 28.1 Å². The summed E-state index contributed by atoms with van der Waals surface area (Å²) in [5.41, 5.74) is 5.89. The van der Waals surface area contributed by atoms with Gasteiger partial charge in [-0.15, -0.1) is 0 Å². The van der Waals surface area contributed by atoms with Gasteiger partial charge in [0.1, 0.15) is 0 Å². The maximum absolute atomic E-state index is 13.4. The Balaban J connectivity index is 1.66. The second kappa shape index (κ2) is 9.71. The molecule has 0 saturated carbocycles. The van der Waals surface area contributed by atoms with Crippen LogP contribution in [0.3, 0.4) is 0 Å². The third-order valence-corrected chi connectivity index (χ3v) is 6.94. The van der Waals surface area contributed by atoms with Crippen molar-refractivity contribution in [1.29, 1.82) is 0 Å². The van der Waals surface area contributed by atoms with Crippen LogP contribution in [0.15, 0.2) is 42.7 Å². The van der Waals surface area contributed by atoms with Gasteiger partial charge >= 0.3 is 5.97 Å². The number of hydrogen-bond acceptors (Lipinski definition) is 4. The number of carbonyl (C=O) groups excluding carboxylic acids is 2. The SMILES string of the molecule is CC[C@@H](c1cccc2c1C(=O)NN(C(=O)c1c(Cl)cc(-c3cnn(C)c3)cc1Cl)C2)[C@@H](C)C(=O)O. The van der Waals surface area contributed by atoms with Crippen molar-refractivity contribution in [2.45, 2.75) is 32.7 Å². The standard InChI is InChI=1S/C25H24Cl2N4O4/c1-4-17(13(2)25(34)35)18-7-5-6-14-12-31(29-23(32)21(14)18)24(33)22-19(26)8-15(9-20(22)27)16-10-28-30(3)11-16/h5-11,13,17H,4,12H2,1-3H3,(H,29,32)(H,34,35)/t13-,17-/m1/s1. The number of carboxylic acids is 1. The van der Waals surface area contributed by atoms with E-state index in [1.807, 2.05) is 6.92 Å². The summed E-state index contributed by atoms with van der Waals surface area (Å²) in [7, 11) is 1.79. The van der Waals surface area contributed by atoms with Crippen molar-refractivity contribution in [2.24, 2.45) is 13.0 Å². The van der Waals surface area contributed by atoms with Crippen molar-refractivity contribution < 1.29 is 19.5 Å². The van der Waals surface area contributed by atoms with Crippen molar-refractivity contribution in [1.82, 2.24) is 20.2 Å². The molecule has 2 heterocycles. The molecule has 182 valence electrons. The van der Waals surface area contributed by atoms with Crippen LogP contribution in [0.4, 0.5) is 0 Å². The Morgan fingerprint density at radius 2 is 1.89 bits per heavy atom. The number of carboxylic acid groups (broad SMARTS) is 1. The molecule has 3 aromatic rings. The highest BCUT2D eigenvalue weighted by molar-refractivity contribution is 6.40. The molecule has 0 aliphatic carbocycles. The van der Waals surface area contributed by atoms with Crippen molar-refractivity contribution in [3.63, 3.8) is 0 Å². The maximum atomic E-state index is 13.4. The first-order chi connectivity index (χ1) is 16.6. The number of nitrogens with one attached hydrogen (secondary N) is 1. The number of hydrazine groups is 1. The van der Waals surface area contributed by atoms with Crippen molar-refractivity contribution in [2.75, 3.05) is 0 Å². The van der Waals surface area contributed by atoms with E-state index in [1.54, 1.807) is 61.4 Å². The molecule has 0 fully saturated rings. The first-order valence-corrected chi connectivity index (χ1v) is 11.8. The molecule has 4 rings (SSSR count). The van der Waals surface area contributed by atoms with Crippen LogP contribution in [0, 0.1) is 5.92 Å². The van der Waals surface area contributed by atoms with Gasteiger partial charge in [-0.05, 0) is 41.2 Å². The second-order valence-corrected chi connectivity index (χ2v) is 9.39. The van der Waals surface area contributed by atoms with Crippen LogP contribution >= 0.6 is 23.2 Å². The van der Waals surface area contributed by atoms with Gasteiger partial charge in [0.05, 0.1) is 34.3 Å². The first kappa shape index (κ1) is 24.8. The van der Waals surface area contributed by atoms with E-state index in [0.29, 0.717) is 28.7 Å². The van der Waals surface area contributed by atoms with Crippen molar-refractivity contribution in [3.05, 3.63) is 75.0 Å². The smallest absolute Gasteiger partial charge is 0.306 e. The van der Waals surface area contributed by atoms with Gasteiger partial charge in [0.25, 0.3) is 11.8 Å². The molecule has 2 atom stereocenters. The van der Waals surface area contributed by atoms with Gasteiger partial charge < -0.3 is 5.11 Å². The summed E-state index contributed by atoms with van der Waals surface area (Å²) in [5.74, 6) is -2.98. The van der Waals surface area contributed by atoms with Gasteiger partial charge in [0, 0.05) is 24.4 Å². The molecule has 0 unspecified atom stereocenters. The zero-order chi connectivity index (χ0) is 25.4. The molecule has 1 aliphatic rings. The van der Waals surface area contributed by atoms with Crippen LogP contribution in [0.25, 0.3) is 11.1 Å². The van der Waals surface area contributed by atoms with E-state index in [4.69, 9.17) is 23.2 Å². The Kier molecular flexibility index (Phi) is 6.87. The molecule has 2 amide bonds. The number of aliphatic carboxylic acids is 1. The first-order valence-electron chi connectivity index (χ1n) is 11.1. The number of aromatic nitrogens is 2. The number of carbonyl (C=O) groups is 3. The Labute approximate surface area is 212 Å². The van der Waals surface area contributed by atoms with E-state index < -0.39 is 23.7 Å².